The third-order valence-corrected chi connectivity index (χ3v) is 2.94. The van der Waals surface area contributed by atoms with Crippen LogP contribution < -0.4 is 10.3 Å². The second-order valence-corrected chi connectivity index (χ2v) is 4.20. The lowest BCUT2D eigenvalue weighted by atomic mass is 10.1. The number of nitriles is 1. The maximum absolute atomic E-state index is 14.2. The summed E-state index contributed by atoms with van der Waals surface area (Å²) >= 11 is 0. The largest absolute Gasteiger partial charge is 0.479 e. The Kier molecular flexibility index (Phi) is 4.33. The van der Waals surface area contributed by atoms with Gasteiger partial charge in [-0.2, -0.15) is 5.26 Å². The summed E-state index contributed by atoms with van der Waals surface area (Å²) in [6, 6.07) is 7.95. The molecule has 1 aromatic heterocycles. The van der Waals surface area contributed by atoms with Crippen LogP contribution in [-0.2, 0) is 6.54 Å². The molecule has 0 N–H and O–H groups in total. The van der Waals surface area contributed by atoms with Crippen molar-refractivity contribution in [3.05, 3.63) is 52.3 Å². The Bertz CT molecular complexity index is 740. The van der Waals surface area contributed by atoms with Gasteiger partial charge in [0, 0.05) is 24.7 Å². The number of rotatable bonds is 4. The van der Waals surface area contributed by atoms with Gasteiger partial charge in [0.1, 0.15) is 23.5 Å². The molecule has 4 nitrogen and oxygen atoms in total. The van der Waals surface area contributed by atoms with E-state index in [1.54, 1.807) is 13.0 Å². The summed E-state index contributed by atoms with van der Waals surface area (Å²) in [4.78, 5) is 11.7. The van der Waals surface area contributed by atoms with E-state index >= 15 is 0 Å². The van der Waals surface area contributed by atoms with Crippen LogP contribution in [-0.4, -0.2) is 11.2 Å². The van der Waals surface area contributed by atoms with Gasteiger partial charge in [-0.25, -0.2) is 8.78 Å². The van der Waals surface area contributed by atoms with Gasteiger partial charge in [0.2, 0.25) is 0 Å². The summed E-state index contributed by atoms with van der Waals surface area (Å²) < 4.78 is 34.5. The zero-order valence-corrected chi connectivity index (χ0v) is 11.3. The number of hydrogen-bond acceptors (Lipinski definition) is 3. The molecule has 1 heterocycles. The Morgan fingerprint density at radius 1 is 1.29 bits per heavy atom. The second-order valence-electron chi connectivity index (χ2n) is 4.20. The van der Waals surface area contributed by atoms with E-state index in [-0.39, 0.29) is 29.2 Å². The molecule has 0 amide bonds. The van der Waals surface area contributed by atoms with E-state index < -0.39 is 11.6 Å². The number of hydrogen-bond donors (Lipinski definition) is 0. The third-order valence-electron chi connectivity index (χ3n) is 2.94. The molecule has 0 bridgehead atoms. The first-order valence-electron chi connectivity index (χ1n) is 6.27. The second kappa shape index (κ2) is 6.18. The molecule has 0 aliphatic heterocycles. The van der Waals surface area contributed by atoms with Gasteiger partial charge < -0.3 is 9.30 Å². The molecule has 0 unspecified atom stereocenters. The first-order chi connectivity index (χ1) is 10.1. The first kappa shape index (κ1) is 14.7. The Balaban J connectivity index is 2.58. The van der Waals surface area contributed by atoms with Crippen molar-refractivity contribution in [1.29, 1.82) is 5.26 Å². The van der Waals surface area contributed by atoms with E-state index in [1.165, 1.54) is 22.8 Å². The van der Waals surface area contributed by atoms with E-state index in [2.05, 4.69) is 0 Å². The fourth-order valence-electron chi connectivity index (χ4n) is 2.06. The highest BCUT2D eigenvalue weighted by Crippen LogP contribution is 2.29. The molecule has 0 radical (unpaired) electrons. The molecule has 0 atom stereocenters. The molecule has 2 aromatic rings. The molecule has 0 aliphatic carbocycles. The van der Waals surface area contributed by atoms with Crippen molar-refractivity contribution in [3.63, 3.8) is 0 Å². The van der Waals surface area contributed by atoms with Crippen molar-refractivity contribution in [2.45, 2.75) is 13.5 Å². The van der Waals surface area contributed by atoms with Crippen molar-refractivity contribution in [1.82, 2.24) is 4.57 Å². The number of nitrogens with zero attached hydrogens (tertiary/aromatic N) is 2. The number of pyridine rings is 1. The van der Waals surface area contributed by atoms with Gasteiger partial charge in [-0.05, 0) is 13.0 Å². The van der Waals surface area contributed by atoms with Gasteiger partial charge in [0.15, 0.2) is 6.61 Å². The van der Waals surface area contributed by atoms with Crippen LogP contribution in [0.25, 0.3) is 11.3 Å². The normalized spacial score (nSPS) is 10.2. The summed E-state index contributed by atoms with van der Waals surface area (Å²) in [6.07, 6.45) is 0. The number of ether oxygens (including phenoxy) is 1. The zero-order chi connectivity index (χ0) is 15.4. The van der Waals surface area contributed by atoms with Crippen LogP contribution >= 0.6 is 0 Å². The lowest BCUT2D eigenvalue weighted by Crippen LogP contribution is -2.20. The smallest absolute Gasteiger partial charge is 0.250 e. The van der Waals surface area contributed by atoms with Gasteiger partial charge in [0.05, 0.1) is 11.3 Å². The summed E-state index contributed by atoms with van der Waals surface area (Å²) in [7, 11) is 0. The average molecular weight is 290 g/mol. The van der Waals surface area contributed by atoms with Crippen LogP contribution in [0.15, 0.2) is 35.1 Å². The van der Waals surface area contributed by atoms with E-state index in [0.717, 1.165) is 12.1 Å². The zero-order valence-electron chi connectivity index (χ0n) is 11.3. The monoisotopic (exact) mass is 290 g/mol. The fraction of sp³-hybridized carbons (Fsp3) is 0.200. The van der Waals surface area contributed by atoms with E-state index in [4.69, 9.17) is 10.00 Å². The third kappa shape index (κ3) is 2.92. The first-order valence-corrected chi connectivity index (χ1v) is 6.27. The van der Waals surface area contributed by atoms with Gasteiger partial charge >= 0.3 is 0 Å². The molecule has 21 heavy (non-hydrogen) atoms. The SMILES string of the molecule is CCn1c(-c2c(F)cc(OCC#N)cc2F)cccc1=O. The molecule has 0 saturated carbocycles. The molecule has 2 rings (SSSR count). The number of aromatic nitrogens is 1. The van der Waals surface area contributed by atoms with Crippen molar-refractivity contribution in [3.8, 4) is 23.1 Å². The van der Waals surface area contributed by atoms with Crippen LogP contribution in [0, 0.1) is 23.0 Å². The highest BCUT2D eigenvalue weighted by atomic mass is 19.1. The Hall–Kier alpha value is -2.68. The van der Waals surface area contributed by atoms with Crippen LogP contribution in [0.2, 0.25) is 0 Å². The van der Waals surface area contributed by atoms with Crippen LogP contribution in [0.1, 0.15) is 6.92 Å². The molecule has 108 valence electrons. The minimum atomic E-state index is -0.851. The van der Waals surface area contributed by atoms with Crippen LogP contribution in [0.3, 0.4) is 0 Å². The fourth-order valence-corrected chi connectivity index (χ4v) is 2.06. The molecule has 0 spiro atoms. The minimum Gasteiger partial charge on any atom is -0.479 e. The number of benzene rings is 1. The van der Waals surface area contributed by atoms with Gasteiger partial charge in [-0.15, -0.1) is 0 Å². The van der Waals surface area contributed by atoms with E-state index in [9.17, 15) is 13.6 Å². The minimum absolute atomic E-state index is 0.0726. The summed E-state index contributed by atoms with van der Waals surface area (Å²) in [5.41, 5.74) is -0.468. The van der Waals surface area contributed by atoms with Crippen molar-refractivity contribution >= 4 is 0 Å². The summed E-state index contributed by atoms with van der Waals surface area (Å²) in [5.74, 6) is -1.77. The maximum atomic E-state index is 14.2. The van der Waals surface area contributed by atoms with Crippen molar-refractivity contribution in [2.75, 3.05) is 6.61 Å². The molecular weight excluding hydrogens is 278 g/mol. The Morgan fingerprint density at radius 2 is 1.95 bits per heavy atom. The maximum Gasteiger partial charge on any atom is 0.250 e. The van der Waals surface area contributed by atoms with E-state index in [0.29, 0.717) is 6.54 Å². The molecule has 1 aromatic carbocycles. The van der Waals surface area contributed by atoms with Gasteiger partial charge in [-0.3, -0.25) is 4.79 Å². The summed E-state index contributed by atoms with van der Waals surface area (Å²) in [6.45, 7) is 1.70. The molecule has 0 fully saturated rings. The highest BCUT2D eigenvalue weighted by Gasteiger charge is 2.17. The number of halogens is 2. The highest BCUT2D eigenvalue weighted by molar-refractivity contribution is 5.62. The van der Waals surface area contributed by atoms with Crippen molar-refractivity contribution < 1.29 is 13.5 Å². The van der Waals surface area contributed by atoms with E-state index in [1.807, 2.05) is 0 Å². The molecular formula is C15H12F2N2O2. The quantitative estimate of drug-likeness (QED) is 0.870. The summed E-state index contributed by atoms with van der Waals surface area (Å²) in [5, 5.41) is 8.40. The Morgan fingerprint density at radius 3 is 2.52 bits per heavy atom. The predicted octanol–water partition coefficient (Wildman–Crippen LogP) is 2.72. The van der Waals surface area contributed by atoms with Crippen LogP contribution in [0.4, 0.5) is 8.78 Å². The Labute approximate surface area is 119 Å². The van der Waals surface area contributed by atoms with Gasteiger partial charge in [0.25, 0.3) is 5.56 Å². The predicted molar refractivity (Wildman–Crippen MR) is 72.8 cm³/mol. The van der Waals surface area contributed by atoms with Gasteiger partial charge in [-0.1, -0.05) is 6.07 Å². The molecule has 0 saturated heterocycles. The lowest BCUT2D eigenvalue weighted by Gasteiger charge is -2.13. The van der Waals surface area contributed by atoms with Crippen LogP contribution in [0.5, 0.6) is 5.75 Å². The van der Waals surface area contributed by atoms with Crippen molar-refractivity contribution in [2.24, 2.45) is 0 Å². The topological polar surface area (TPSA) is 55.0 Å². The average Bonchev–Trinajstić information content (AvgIpc) is 2.44. The molecule has 6 heteroatoms. The lowest BCUT2D eigenvalue weighted by molar-refractivity contribution is 0.363. The molecule has 0 aliphatic rings. The standard InChI is InChI=1S/C15H12F2N2O2/c1-2-19-13(4-3-5-14(19)20)15-11(16)8-10(9-12(15)17)21-7-6-18/h3-5,8-9H,2,7H2,1H3.